The molecule has 0 aromatic heterocycles. The predicted molar refractivity (Wildman–Crippen MR) is 73.4 cm³/mol. The van der Waals surface area contributed by atoms with Gasteiger partial charge >= 0.3 is 0 Å². The summed E-state index contributed by atoms with van der Waals surface area (Å²) in [7, 11) is 0. The molecular weight excluding hydrogens is 206 g/mol. The van der Waals surface area contributed by atoms with E-state index in [0.717, 1.165) is 0 Å². The van der Waals surface area contributed by atoms with E-state index in [2.05, 4.69) is 61.6 Å². The van der Waals surface area contributed by atoms with Crippen molar-refractivity contribution in [3.05, 3.63) is 48.0 Å². The van der Waals surface area contributed by atoms with Crippen molar-refractivity contribution in [2.75, 3.05) is 0 Å². The molecule has 1 saturated heterocycles. The highest BCUT2D eigenvalue weighted by atomic mass is 15.0. The fourth-order valence-electron chi connectivity index (χ4n) is 3.08. The van der Waals surface area contributed by atoms with E-state index in [4.69, 9.17) is 0 Å². The molecule has 3 rings (SSSR count). The summed E-state index contributed by atoms with van der Waals surface area (Å²) < 4.78 is 0. The molecule has 2 aromatic carbocycles. The van der Waals surface area contributed by atoms with Gasteiger partial charge in [0.15, 0.2) is 0 Å². The Morgan fingerprint density at radius 2 is 1.76 bits per heavy atom. The summed E-state index contributed by atoms with van der Waals surface area (Å²) in [6, 6.07) is 16.7. The topological polar surface area (TPSA) is 12.0 Å². The van der Waals surface area contributed by atoms with Crippen LogP contribution in [0.15, 0.2) is 42.5 Å². The zero-order valence-corrected chi connectivity index (χ0v) is 10.5. The summed E-state index contributed by atoms with van der Waals surface area (Å²) in [5.41, 5.74) is 1.48. The molecule has 88 valence electrons. The number of benzene rings is 2. The van der Waals surface area contributed by atoms with Crippen LogP contribution in [0.3, 0.4) is 0 Å². The third kappa shape index (κ3) is 1.96. The molecule has 1 aliphatic heterocycles. The van der Waals surface area contributed by atoms with Crippen molar-refractivity contribution in [2.45, 2.75) is 38.3 Å². The summed E-state index contributed by atoms with van der Waals surface area (Å²) in [5, 5.41) is 6.31. The SMILES string of the molecule is CC1CC(c2ccc3ccccc3c2)C(C)N1. The lowest BCUT2D eigenvalue weighted by Crippen LogP contribution is -2.26. The highest BCUT2D eigenvalue weighted by molar-refractivity contribution is 5.83. The first kappa shape index (κ1) is 10.8. The van der Waals surface area contributed by atoms with Crippen LogP contribution < -0.4 is 5.32 Å². The monoisotopic (exact) mass is 225 g/mol. The number of hydrogen-bond donors (Lipinski definition) is 1. The fourth-order valence-corrected chi connectivity index (χ4v) is 3.08. The molecule has 0 spiro atoms. The Morgan fingerprint density at radius 3 is 2.47 bits per heavy atom. The Morgan fingerprint density at radius 1 is 1.00 bits per heavy atom. The quantitative estimate of drug-likeness (QED) is 0.780. The van der Waals surface area contributed by atoms with E-state index >= 15 is 0 Å². The maximum atomic E-state index is 3.61. The molecule has 0 saturated carbocycles. The van der Waals surface area contributed by atoms with Crippen molar-refractivity contribution in [2.24, 2.45) is 0 Å². The molecule has 0 aliphatic carbocycles. The van der Waals surface area contributed by atoms with Gasteiger partial charge < -0.3 is 5.32 Å². The van der Waals surface area contributed by atoms with E-state index in [-0.39, 0.29) is 0 Å². The summed E-state index contributed by atoms with van der Waals surface area (Å²) in [5.74, 6) is 0.662. The Kier molecular flexibility index (Phi) is 2.64. The van der Waals surface area contributed by atoms with Crippen LogP contribution in [0.1, 0.15) is 31.7 Å². The number of rotatable bonds is 1. The lowest BCUT2D eigenvalue weighted by molar-refractivity contribution is 0.575. The van der Waals surface area contributed by atoms with Crippen LogP contribution >= 0.6 is 0 Å². The zero-order valence-electron chi connectivity index (χ0n) is 10.5. The van der Waals surface area contributed by atoms with Crippen molar-refractivity contribution >= 4 is 10.8 Å². The predicted octanol–water partition coefficient (Wildman–Crippen LogP) is 3.69. The third-order valence-corrected chi connectivity index (χ3v) is 3.96. The van der Waals surface area contributed by atoms with Crippen LogP contribution in [0.25, 0.3) is 10.8 Å². The third-order valence-electron chi connectivity index (χ3n) is 3.96. The Hall–Kier alpha value is -1.34. The van der Waals surface area contributed by atoms with Gasteiger partial charge in [-0.25, -0.2) is 0 Å². The van der Waals surface area contributed by atoms with Crippen LogP contribution in [-0.2, 0) is 0 Å². The second-order valence-electron chi connectivity index (χ2n) is 5.31. The minimum absolute atomic E-state index is 0.589. The van der Waals surface area contributed by atoms with Gasteiger partial charge in [0.05, 0.1) is 0 Å². The van der Waals surface area contributed by atoms with Crippen molar-refractivity contribution < 1.29 is 0 Å². The smallest absolute Gasteiger partial charge is 0.0110 e. The van der Waals surface area contributed by atoms with Gasteiger partial charge in [-0.2, -0.15) is 0 Å². The van der Waals surface area contributed by atoms with Crippen LogP contribution in [0.2, 0.25) is 0 Å². The van der Waals surface area contributed by atoms with E-state index in [1.165, 1.54) is 22.8 Å². The summed E-state index contributed by atoms with van der Waals surface area (Å²) in [6.45, 7) is 4.57. The van der Waals surface area contributed by atoms with E-state index < -0.39 is 0 Å². The average molecular weight is 225 g/mol. The lowest BCUT2D eigenvalue weighted by Gasteiger charge is -2.15. The first-order valence-electron chi connectivity index (χ1n) is 6.49. The highest BCUT2D eigenvalue weighted by Crippen LogP contribution is 2.32. The molecule has 17 heavy (non-hydrogen) atoms. The first-order chi connectivity index (χ1) is 8.24. The maximum absolute atomic E-state index is 3.61. The molecule has 1 heterocycles. The van der Waals surface area contributed by atoms with Gasteiger partial charge in [0.2, 0.25) is 0 Å². The molecule has 1 nitrogen and oxygen atoms in total. The Labute approximate surface area is 103 Å². The van der Waals surface area contributed by atoms with Gasteiger partial charge in [-0.1, -0.05) is 42.5 Å². The molecule has 2 aromatic rings. The van der Waals surface area contributed by atoms with Gasteiger partial charge in [-0.05, 0) is 36.6 Å². The molecule has 0 radical (unpaired) electrons. The van der Waals surface area contributed by atoms with Crippen molar-refractivity contribution in [3.63, 3.8) is 0 Å². The molecule has 1 heteroatoms. The molecule has 1 N–H and O–H groups in total. The average Bonchev–Trinajstić information content (AvgIpc) is 2.68. The number of fused-ring (bicyclic) bond motifs is 1. The van der Waals surface area contributed by atoms with Crippen molar-refractivity contribution in [1.29, 1.82) is 0 Å². The van der Waals surface area contributed by atoms with Crippen molar-refractivity contribution in [3.8, 4) is 0 Å². The molecule has 0 amide bonds. The van der Waals surface area contributed by atoms with Crippen molar-refractivity contribution in [1.82, 2.24) is 5.32 Å². The Balaban J connectivity index is 2.00. The van der Waals surface area contributed by atoms with E-state index in [1.54, 1.807) is 0 Å². The molecular formula is C16H19N. The molecule has 3 unspecified atom stereocenters. The zero-order chi connectivity index (χ0) is 11.8. The van der Waals surface area contributed by atoms with Gasteiger partial charge in [0.1, 0.15) is 0 Å². The summed E-state index contributed by atoms with van der Waals surface area (Å²) in [6.07, 6.45) is 1.25. The van der Waals surface area contributed by atoms with Gasteiger partial charge in [0.25, 0.3) is 0 Å². The molecule has 0 bridgehead atoms. The fraction of sp³-hybridized carbons (Fsp3) is 0.375. The summed E-state index contributed by atoms with van der Waals surface area (Å²) in [4.78, 5) is 0. The highest BCUT2D eigenvalue weighted by Gasteiger charge is 2.28. The summed E-state index contributed by atoms with van der Waals surface area (Å²) >= 11 is 0. The minimum atomic E-state index is 0.589. The van der Waals surface area contributed by atoms with Crippen LogP contribution in [-0.4, -0.2) is 12.1 Å². The van der Waals surface area contributed by atoms with Gasteiger partial charge in [0, 0.05) is 18.0 Å². The maximum Gasteiger partial charge on any atom is 0.0110 e. The van der Waals surface area contributed by atoms with Crippen LogP contribution in [0.4, 0.5) is 0 Å². The molecule has 1 fully saturated rings. The lowest BCUT2D eigenvalue weighted by atomic mass is 9.90. The molecule has 3 atom stereocenters. The normalized spacial score (nSPS) is 28.7. The van der Waals surface area contributed by atoms with E-state index in [9.17, 15) is 0 Å². The number of hydrogen-bond acceptors (Lipinski definition) is 1. The first-order valence-corrected chi connectivity index (χ1v) is 6.49. The Bertz CT molecular complexity index is 532. The largest absolute Gasteiger partial charge is 0.311 e. The van der Waals surface area contributed by atoms with Crippen LogP contribution in [0.5, 0.6) is 0 Å². The standard InChI is InChI=1S/C16H19N/c1-11-9-16(12(2)17-11)15-8-7-13-5-3-4-6-14(13)10-15/h3-8,10-12,16-17H,9H2,1-2H3. The second-order valence-corrected chi connectivity index (χ2v) is 5.31. The second kappa shape index (κ2) is 4.15. The van der Waals surface area contributed by atoms with E-state index in [1.807, 2.05) is 0 Å². The van der Waals surface area contributed by atoms with Crippen LogP contribution in [0, 0.1) is 0 Å². The number of nitrogens with one attached hydrogen (secondary N) is 1. The molecule has 1 aliphatic rings. The van der Waals surface area contributed by atoms with Gasteiger partial charge in [-0.3, -0.25) is 0 Å². The van der Waals surface area contributed by atoms with Gasteiger partial charge in [-0.15, -0.1) is 0 Å². The van der Waals surface area contributed by atoms with E-state index in [0.29, 0.717) is 18.0 Å². The minimum Gasteiger partial charge on any atom is -0.311 e.